The molecule has 0 heterocycles. The summed E-state index contributed by atoms with van der Waals surface area (Å²) in [5.41, 5.74) is 1.05. The Balaban J connectivity index is 2.17. The first-order chi connectivity index (χ1) is 8.79. The third-order valence-electron chi connectivity index (χ3n) is 3.78. The molecule has 1 saturated carbocycles. The van der Waals surface area contributed by atoms with E-state index in [0.717, 1.165) is 29.5 Å². The second-order valence-electron chi connectivity index (χ2n) is 4.85. The summed E-state index contributed by atoms with van der Waals surface area (Å²) in [7, 11) is 1.67. The molecule has 1 aliphatic carbocycles. The highest BCUT2D eigenvalue weighted by molar-refractivity contribution is 5.91. The molecule has 1 fully saturated rings. The topological polar surface area (TPSA) is 26.3 Å². The lowest BCUT2D eigenvalue weighted by molar-refractivity contribution is -0.118. The van der Waals surface area contributed by atoms with Crippen molar-refractivity contribution in [1.29, 1.82) is 0 Å². The van der Waals surface area contributed by atoms with E-state index in [1.807, 2.05) is 18.2 Å². The lowest BCUT2D eigenvalue weighted by Crippen LogP contribution is -2.06. The predicted octanol–water partition coefficient (Wildman–Crippen LogP) is 3.69. The molecule has 0 bridgehead atoms. The van der Waals surface area contributed by atoms with E-state index in [4.69, 9.17) is 4.74 Å². The summed E-state index contributed by atoms with van der Waals surface area (Å²) in [6.07, 6.45) is 2.66. The standard InChI is InChI=1S/C16H16O2/c1-18-16-10-12-6-3-2-5-11(12)9-14(16)13-7-4-8-15(13)17/h2-3,5-6,9-10,13H,4,7-8H2,1H3. The van der Waals surface area contributed by atoms with Crippen LogP contribution in [-0.4, -0.2) is 12.9 Å². The molecule has 2 aromatic carbocycles. The summed E-state index contributed by atoms with van der Waals surface area (Å²) < 4.78 is 5.46. The number of rotatable bonds is 2. The number of Topliss-reactive ketones (excluding diaryl/α,β-unsaturated/α-hetero) is 1. The second-order valence-corrected chi connectivity index (χ2v) is 4.85. The lowest BCUT2D eigenvalue weighted by Gasteiger charge is -2.14. The van der Waals surface area contributed by atoms with Crippen molar-refractivity contribution in [1.82, 2.24) is 0 Å². The van der Waals surface area contributed by atoms with E-state index in [-0.39, 0.29) is 5.92 Å². The monoisotopic (exact) mass is 240 g/mol. The molecule has 18 heavy (non-hydrogen) atoms. The van der Waals surface area contributed by atoms with Gasteiger partial charge in [0.25, 0.3) is 0 Å². The van der Waals surface area contributed by atoms with Gasteiger partial charge in [-0.05, 0) is 35.7 Å². The molecule has 0 aromatic heterocycles. The maximum atomic E-state index is 11.9. The Bertz CT molecular complexity index is 601. The van der Waals surface area contributed by atoms with Gasteiger partial charge in [0.05, 0.1) is 7.11 Å². The second kappa shape index (κ2) is 4.45. The van der Waals surface area contributed by atoms with Gasteiger partial charge in [-0.3, -0.25) is 4.79 Å². The number of benzene rings is 2. The highest BCUT2D eigenvalue weighted by Crippen LogP contribution is 2.38. The first-order valence-corrected chi connectivity index (χ1v) is 6.39. The van der Waals surface area contributed by atoms with Gasteiger partial charge in [-0.2, -0.15) is 0 Å². The van der Waals surface area contributed by atoms with E-state index in [1.54, 1.807) is 7.11 Å². The molecule has 2 nitrogen and oxygen atoms in total. The molecule has 1 atom stereocenters. The van der Waals surface area contributed by atoms with Crippen LogP contribution in [0, 0.1) is 0 Å². The average Bonchev–Trinajstić information content (AvgIpc) is 2.83. The van der Waals surface area contributed by atoms with Gasteiger partial charge >= 0.3 is 0 Å². The fourth-order valence-electron chi connectivity index (χ4n) is 2.83. The van der Waals surface area contributed by atoms with Gasteiger partial charge in [-0.1, -0.05) is 24.3 Å². The largest absolute Gasteiger partial charge is 0.496 e. The summed E-state index contributed by atoms with van der Waals surface area (Å²) >= 11 is 0. The Kier molecular flexibility index (Phi) is 2.78. The average molecular weight is 240 g/mol. The summed E-state index contributed by atoms with van der Waals surface area (Å²) in [6, 6.07) is 12.3. The SMILES string of the molecule is COc1cc2ccccc2cc1C1CCCC1=O. The minimum Gasteiger partial charge on any atom is -0.496 e. The summed E-state index contributed by atoms with van der Waals surface area (Å²) in [6.45, 7) is 0. The zero-order chi connectivity index (χ0) is 12.5. The number of hydrogen-bond acceptors (Lipinski definition) is 2. The normalized spacial score (nSPS) is 19.4. The Morgan fingerprint density at radius 1 is 1.17 bits per heavy atom. The third-order valence-corrected chi connectivity index (χ3v) is 3.78. The number of hydrogen-bond donors (Lipinski definition) is 0. The molecule has 0 aliphatic heterocycles. The predicted molar refractivity (Wildman–Crippen MR) is 72.1 cm³/mol. The van der Waals surface area contributed by atoms with Crippen LogP contribution in [0.15, 0.2) is 36.4 Å². The minimum atomic E-state index is 0.0320. The van der Waals surface area contributed by atoms with Crippen LogP contribution in [0.2, 0.25) is 0 Å². The van der Waals surface area contributed by atoms with Crippen LogP contribution in [0.3, 0.4) is 0 Å². The van der Waals surface area contributed by atoms with Crippen molar-refractivity contribution in [3.8, 4) is 5.75 Å². The highest BCUT2D eigenvalue weighted by atomic mass is 16.5. The smallest absolute Gasteiger partial charge is 0.140 e. The van der Waals surface area contributed by atoms with Crippen molar-refractivity contribution in [2.75, 3.05) is 7.11 Å². The maximum absolute atomic E-state index is 11.9. The molecule has 92 valence electrons. The maximum Gasteiger partial charge on any atom is 0.140 e. The minimum absolute atomic E-state index is 0.0320. The zero-order valence-electron chi connectivity index (χ0n) is 10.5. The molecule has 1 unspecified atom stereocenters. The molecular formula is C16H16O2. The van der Waals surface area contributed by atoms with E-state index in [1.165, 1.54) is 5.39 Å². The molecule has 0 amide bonds. The molecule has 0 N–H and O–H groups in total. The summed E-state index contributed by atoms with van der Waals surface area (Å²) in [5, 5.41) is 2.33. The van der Waals surface area contributed by atoms with Gasteiger partial charge in [0, 0.05) is 17.9 Å². The van der Waals surface area contributed by atoms with E-state index >= 15 is 0 Å². The van der Waals surface area contributed by atoms with E-state index in [2.05, 4.69) is 18.2 Å². The number of ketones is 1. The number of carbonyl (C=O) groups excluding carboxylic acids is 1. The molecule has 2 aromatic rings. The van der Waals surface area contributed by atoms with Crippen molar-refractivity contribution >= 4 is 16.6 Å². The first-order valence-electron chi connectivity index (χ1n) is 6.39. The van der Waals surface area contributed by atoms with Crippen molar-refractivity contribution in [2.45, 2.75) is 25.2 Å². The van der Waals surface area contributed by atoms with Gasteiger partial charge in [-0.15, -0.1) is 0 Å². The lowest BCUT2D eigenvalue weighted by atomic mass is 9.93. The molecular weight excluding hydrogens is 224 g/mol. The molecule has 1 aliphatic rings. The Hall–Kier alpha value is -1.83. The van der Waals surface area contributed by atoms with Crippen LogP contribution >= 0.6 is 0 Å². The molecule has 2 heteroatoms. The van der Waals surface area contributed by atoms with Crippen LogP contribution in [-0.2, 0) is 4.79 Å². The van der Waals surface area contributed by atoms with E-state index in [9.17, 15) is 4.79 Å². The quantitative estimate of drug-likeness (QED) is 0.800. The van der Waals surface area contributed by atoms with Crippen LogP contribution < -0.4 is 4.74 Å². The number of fused-ring (bicyclic) bond motifs is 1. The molecule has 0 radical (unpaired) electrons. The van der Waals surface area contributed by atoms with Crippen LogP contribution in [0.1, 0.15) is 30.7 Å². The molecule has 0 spiro atoms. The zero-order valence-corrected chi connectivity index (χ0v) is 10.5. The van der Waals surface area contributed by atoms with Gasteiger partial charge in [0.15, 0.2) is 0 Å². The Morgan fingerprint density at radius 2 is 1.89 bits per heavy atom. The van der Waals surface area contributed by atoms with Crippen molar-refractivity contribution < 1.29 is 9.53 Å². The van der Waals surface area contributed by atoms with Gasteiger partial charge < -0.3 is 4.74 Å². The highest BCUT2D eigenvalue weighted by Gasteiger charge is 2.28. The first kappa shape index (κ1) is 11.3. The fourth-order valence-corrected chi connectivity index (χ4v) is 2.83. The van der Waals surface area contributed by atoms with Crippen molar-refractivity contribution in [3.63, 3.8) is 0 Å². The summed E-state index contributed by atoms with van der Waals surface area (Å²) in [5.74, 6) is 1.22. The number of methoxy groups -OCH3 is 1. The van der Waals surface area contributed by atoms with Crippen LogP contribution in [0.5, 0.6) is 5.75 Å². The van der Waals surface area contributed by atoms with Crippen LogP contribution in [0.25, 0.3) is 10.8 Å². The molecule has 3 rings (SSSR count). The Morgan fingerprint density at radius 3 is 2.50 bits per heavy atom. The van der Waals surface area contributed by atoms with Gasteiger partial charge in [-0.25, -0.2) is 0 Å². The Labute approximate surface area is 107 Å². The third kappa shape index (κ3) is 1.78. The number of ether oxygens (including phenoxy) is 1. The summed E-state index contributed by atoms with van der Waals surface area (Å²) in [4.78, 5) is 11.9. The van der Waals surface area contributed by atoms with E-state index < -0.39 is 0 Å². The van der Waals surface area contributed by atoms with Crippen molar-refractivity contribution in [2.24, 2.45) is 0 Å². The van der Waals surface area contributed by atoms with Gasteiger partial charge in [0.2, 0.25) is 0 Å². The van der Waals surface area contributed by atoms with Crippen LogP contribution in [0.4, 0.5) is 0 Å². The van der Waals surface area contributed by atoms with Crippen molar-refractivity contribution in [3.05, 3.63) is 42.0 Å². The molecule has 0 saturated heterocycles. The van der Waals surface area contributed by atoms with E-state index in [0.29, 0.717) is 12.2 Å². The van der Waals surface area contributed by atoms with Gasteiger partial charge in [0.1, 0.15) is 11.5 Å². The number of carbonyl (C=O) groups is 1. The fraction of sp³-hybridized carbons (Fsp3) is 0.312.